The molecule has 0 atom stereocenters. The van der Waals surface area contributed by atoms with Crippen LogP contribution in [0, 0.1) is 0 Å². The van der Waals surface area contributed by atoms with Crippen molar-refractivity contribution in [3.05, 3.63) is 23.8 Å². The van der Waals surface area contributed by atoms with Gasteiger partial charge < -0.3 is 10.0 Å². The molecule has 0 saturated heterocycles. The number of nitrogens with zero attached hydrogens (tertiary/aromatic N) is 4. The second kappa shape index (κ2) is 4.62. The maximum atomic E-state index is 12.2. The Balaban J connectivity index is 2.26. The quantitative estimate of drug-likeness (QED) is 0.888. The van der Waals surface area contributed by atoms with Crippen LogP contribution in [0.15, 0.2) is 18.2 Å². The normalized spacial score (nSPS) is 11.8. The van der Waals surface area contributed by atoms with Gasteiger partial charge in [0.15, 0.2) is 0 Å². The zero-order valence-corrected chi connectivity index (χ0v) is 11.6. The Hall–Kier alpha value is -1.95. The molecule has 2 aromatic rings. The number of rotatable bonds is 3. The van der Waals surface area contributed by atoms with Gasteiger partial charge in [0.1, 0.15) is 5.52 Å². The monoisotopic (exact) mass is 262 g/mol. The fourth-order valence-electron chi connectivity index (χ4n) is 2.05. The van der Waals surface area contributed by atoms with E-state index >= 15 is 0 Å². The molecule has 2 rings (SSSR count). The second-order valence-corrected chi connectivity index (χ2v) is 5.39. The summed E-state index contributed by atoms with van der Waals surface area (Å²) in [5, 5.41) is 17.6. The SMILES string of the molecule is CN(CC(C)(C)O)C(=O)c1ccc2c(c1)nnn2C. The van der Waals surface area contributed by atoms with E-state index in [-0.39, 0.29) is 12.5 Å². The van der Waals surface area contributed by atoms with E-state index < -0.39 is 5.60 Å². The van der Waals surface area contributed by atoms with E-state index in [1.54, 1.807) is 44.8 Å². The summed E-state index contributed by atoms with van der Waals surface area (Å²) < 4.78 is 1.66. The standard InChI is InChI=1S/C13H18N4O2/c1-13(2,19)8-16(3)12(18)9-5-6-11-10(7-9)14-15-17(11)4/h5-7,19H,8H2,1-4H3. The highest BCUT2D eigenvalue weighted by Gasteiger charge is 2.20. The summed E-state index contributed by atoms with van der Waals surface area (Å²) >= 11 is 0. The third kappa shape index (κ3) is 2.90. The highest BCUT2D eigenvalue weighted by Crippen LogP contribution is 2.15. The third-order valence-corrected chi connectivity index (χ3v) is 2.83. The number of aromatic nitrogens is 3. The summed E-state index contributed by atoms with van der Waals surface area (Å²) in [6, 6.07) is 5.28. The molecule has 1 amide bonds. The fraction of sp³-hybridized carbons (Fsp3) is 0.462. The van der Waals surface area contributed by atoms with Crippen molar-refractivity contribution >= 4 is 16.9 Å². The van der Waals surface area contributed by atoms with Gasteiger partial charge in [-0.1, -0.05) is 5.21 Å². The Bertz CT molecular complexity index is 613. The molecule has 1 aromatic carbocycles. The highest BCUT2D eigenvalue weighted by molar-refractivity contribution is 5.97. The van der Waals surface area contributed by atoms with Gasteiger partial charge in [0.05, 0.1) is 11.1 Å². The molecule has 0 bridgehead atoms. The lowest BCUT2D eigenvalue weighted by molar-refractivity contribution is 0.0368. The maximum absolute atomic E-state index is 12.2. The summed E-state index contributed by atoms with van der Waals surface area (Å²) in [6.45, 7) is 3.61. The van der Waals surface area contributed by atoms with Crippen LogP contribution in [0.25, 0.3) is 11.0 Å². The molecule has 1 N–H and O–H groups in total. The van der Waals surface area contributed by atoms with Gasteiger partial charge in [-0.15, -0.1) is 5.10 Å². The Morgan fingerprint density at radius 3 is 2.79 bits per heavy atom. The molecule has 1 aromatic heterocycles. The highest BCUT2D eigenvalue weighted by atomic mass is 16.3. The predicted molar refractivity (Wildman–Crippen MR) is 71.8 cm³/mol. The first-order valence-electron chi connectivity index (χ1n) is 6.05. The first kappa shape index (κ1) is 13.5. The average Bonchev–Trinajstić information content (AvgIpc) is 2.67. The van der Waals surface area contributed by atoms with Crippen molar-refractivity contribution in [3.63, 3.8) is 0 Å². The summed E-state index contributed by atoms with van der Waals surface area (Å²) in [6.07, 6.45) is 0. The van der Waals surface area contributed by atoms with Crippen molar-refractivity contribution in [2.45, 2.75) is 19.4 Å². The Morgan fingerprint density at radius 2 is 2.16 bits per heavy atom. The minimum Gasteiger partial charge on any atom is -0.389 e. The smallest absolute Gasteiger partial charge is 0.253 e. The second-order valence-electron chi connectivity index (χ2n) is 5.39. The van der Waals surface area contributed by atoms with Crippen LogP contribution in [0.3, 0.4) is 0 Å². The molecule has 0 aliphatic heterocycles. The minimum absolute atomic E-state index is 0.144. The molecule has 6 heteroatoms. The molecule has 1 heterocycles. The van der Waals surface area contributed by atoms with Crippen LogP contribution in [0.1, 0.15) is 24.2 Å². The number of fused-ring (bicyclic) bond motifs is 1. The van der Waals surface area contributed by atoms with Gasteiger partial charge >= 0.3 is 0 Å². The molecule has 0 spiro atoms. The van der Waals surface area contributed by atoms with E-state index in [0.29, 0.717) is 11.1 Å². The molecule has 6 nitrogen and oxygen atoms in total. The number of hydrogen-bond acceptors (Lipinski definition) is 4. The molecule has 0 unspecified atom stereocenters. The maximum Gasteiger partial charge on any atom is 0.253 e. The zero-order valence-electron chi connectivity index (χ0n) is 11.6. The van der Waals surface area contributed by atoms with E-state index in [1.165, 1.54) is 4.90 Å². The van der Waals surface area contributed by atoms with Crippen LogP contribution in [0.4, 0.5) is 0 Å². The topological polar surface area (TPSA) is 71.2 Å². The first-order chi connectivity index (χ1) is 8.78. The fourth-order valence-corrected chi connectivity index (χ4v) is 2.05. The summed E-state index contributed by atoms with van der Waals surface area (Å²) in [4.78, 5) is 13.7. The number of aryl methyl sites for hydroxylation is 1. The molecular formula is C13H18N4O2. The molecule has 102 valence electrons. The van der Waals surface area contributed by atoms with Crippen molar-refractivity contribution in [3.8, 4) is 0 Å². The lowest BCUT2D eigenvalue weighted by atomic mass is 10.1. The van der Waals surface area contributed by atoms with Gasteiger partial charge in [-0.25, -0.2) is 4.68 Å². The van der Waals surface area contributed by atoms with Crippen LogP contribution in [-0.4, -0.2) is 50.1 Å². The number of benzene rings is 1. The van der Waals surface area contributed by atoms with E-state index in [1.807, 2.05) is 6.07 Å². The van der Waals surface area contributed by atoms with Gasteiger partial charge in [-0.05, 0) is 32.0 Å². The van der Waals surface area contributed by atoms with E-state index in [9.17, 15) is 9.90 Å². The molecule has 0 saturated carbocycles. The van der Waals surface area contributed by atoms with Crippen LogP contribution >= 0.6 is 0 Å². The summed E-state index contributed by atoms with van der Waals surface area (Å²) in [5.74, 6) is -0.144. The Morgan fingerprint density at radius 1 is 1.47 bits per heavy atom. The number of carbonyl (C=O) groups excluding carboxylic acids is 1. The van der Waals surface area contributed by atoms with Gasteiger partial charge in [-0.2, -0.15) is 0 Å². The Labute approximate surface area is 111 Å². The molecular weight excluding hydrogens is 244 g/mol. The molecule has 0 aliphatic rings. The molecule has 19 heavy (non-hydrogen) atoms. The largest absolute Gasteiger partial charge is 0.389 e. The zero-order chi connectivity index (χ0) is 14.2. The van der Waals surface area contributed by atoms with Crippen molar-refractivity contribution in [1.29, 1.82) is 0 Å². The average molecular weight is 262 g/mol. The summed E-state index contributed by atoms with van der Waals surface area (Å²) in [7, 11) is 3.47. The van der Waals surface area contributed by atoms with Gasteiger partial charge in [0.2, 0.25) is 0 Å². The van der Waals surface area contributed by atoms with E-state index in [4.69, 9.17) is 0 Å². The van der Waals surface area contributed by atoms with Crippen LogP contribution in [0.2, 0.25) is 0 Å². The van der Waals surface area contributed by atoms with Crippen molar-refractivity contribution in [2.24, 2.45) is 7.05 Å². The first-order valence-corrected chi connectivity index (χ1v) is 6.05. The Kier molecular flexibility index (Phi) is 3.28. The number of carbonyl (C=O) groups is 1. The van der Waals surface area contributed by atoms with Gasteiger partial charge in [-0.3, -0.25) is 4.79 Å². The van der Waals surface area contributed by atoms with Gasteiger partial charge in [0, 0.05) is 26.2 Å². The molecule has 0 aliphatic carbocycles. The van der Waals surface area contributed by atoms with Crippen LogP contribution in [0.5, 0.6) is 0 Å². The van der Waals surface area contributed by atoms with Crippen LogP contribution < -0.4 is 0 Å². The summed E-state index contributed by atoms with van der Waals surface area (Å²) in [5.41, 5.74) is 1.19. The predicted octanol–water partition coefficient (Wildman–Crippen LogP) is 0.811. The number of amides is 1. The van der Waals surface area contributed by atoms with Gasteiger partial charge in [0.25, 0.3) is 5.91 Å². The minimum atomic E-state index is -0.916. The third-order valence-electron chi connectivity index (χ3n) is 2.83. The van der Waals surface area contributed by atoms with E-state index in [0.717, 1.165) is 5.52 Å². The number of aliphatic hydroxyl groups is 1. The number of likely N-dealkylation sites (N-methyl/N-ethyl adjacent to an activating group) is 1. The molecule has 0 radical (unpaired) electrons. The lowest BCUT2D eigenvalue weighted by Gasteiger charge is -2.25. The molecule has 0 fully saturated rings. The number of hydrogen-bond donors (Lipinski definition) is 1. The lowest BCUT2D eigenvalue weighted by Crippen LogP contribution is -2.39. The van der Waals surface area contributed by atoms with Crippen molar-refractivity contribution in [1.82, 2.24) is 19.9 Å². The van der Waals surface area contributed by atoms with Crippen molar-refractivity contribution < 1.29 is 9.90 Å². The van der Waals surface area contributed by atoms with E-state index in [2.05, 4.69) is 10.3 Å². The van der Waals surface area contributed by atoms with Crippen LogP contribution in [-0.2, 0) is 7.05 Å². The van der Waals surface area contributed by atoms with Crippen molar-refractivity contribution in [2.75, 3.05) is 13.6 Å².